The van der Waals surface area contributed by atoms with Gasteiger partial charge in [0.1, 0.15) is 5.82 Å². The van der Waals surface area contributed by atoms with E-state index in [1.807, 2.05) is 0 Å². The summed E-state index contributed by atoms with van der Waals surface area (Å²) in [5.74, 6) is -0.865. The van der Waals surface area contributed by atoms with Gasteiger partial charge in [0.15, 0.2) is 0 Å². The van der Waals surface area contributed by atoms with Crippen LogP contribution in [0, 0.1) is 11.2 Å². The molecule has 1 fully saturated rings. The van der Waals surface area contributed by atoms with Crippen molar-refractivity contribution >= 4 is 17.7 Å². The normalized spacial score (nSPS) is 15.4. The molecule has 1 heterocycles. The van der Waals surface area contributed by atoms with Crippen molar-refractivity contribution < 1.29 is 18.8 Å². The molecule has 0 radical (unpaired) electrons. The summed E-state index contributed by atoms with van der Waals surface area (Å²) in [5, 5.41) is 3.05. The molecular formula is C24H27FN2O3. The molecule has 30 heavy (non-hydrogen) atoms. The summed E-state index contributed by atoms with van der Waals surface area (Å²) < 4.78 is 13.3. The van der Waals surface area contributed by atoms with Gasteiger partial charge in [-0.05, 0) is 47.2 Å². The zero-order valence-corrected chi connectivity index (χ0v) is 17.6. The first-order valence-corrected chi connectivity index (χ1v) is 10.1. The number of halogens is 1. The predicted molar refractivity (Wildman–Crippen MR) is 112 cm³/mol. The van der Waals surface area contributed by atoms with Gasteiger partial charge in [-0.1, -0.05) is 45.0 Å². The number of nitrogens with one attached hydrogen (secondary N) is 1. The van der Waals surface area contributed by atoms with Crippen LogP contribution in [0.3, 0.4) is 0 Å². The second-order valence-electron chi connectivity index (χ2n) is 8.91. The van der Waals surface area contributed by atoms with Crippen LogP contribution in [0.5, 0.6) is 0 Å². The van der Waals surface area contributed by atoms with Crippen LogP contribution in [-0.2, 0) is 16.1 Å². The van der Waals surface area contributed by atoms with Gasteiger partial charge in [-0.25, -0.2) is 4.39 Å². The first-order valence-electron chi connectivity index (χ1n) is 10.1. The topological polar surface area (TPSA) is 66.5 Å². The van der Waals surface area contributed by atoms with Gasteiger partial charge in [-0.2, -0.15) is 0 Å². The molecule has 0 aromatic heterocycles. The van der Waals surface area contributed by atoms with Crippen molar-refractivity contribution in [1.82, 2.24) is 10.2 Å². The first kappa shape index (κ1) is 21.7. The zero-order chi connectivity index (χ0) is 21.9. The summed E-state index contributed by atoms with van der Waals surface area (Å²) in [5.41, 5.74) is 2.09. The van der Waals surface area contributed by atoms with Crippen LogP contribution in [0.15, 0.2) is 48.5 Å². The van der Waals surface area contributed by atoms with Gasteiger partial charge >= 0.3 is 0 Å². The van der Waals surface area contributed by atoms with E-state index in [0.29, 0.717) is 12.0 Å². The minimum absolute atomic E-state index is 0.0367. The number of nitrogens with zero attached hydrogens (tertiary/aromatic N) is 1. The smallest absolute Gasteiger partial charge is 0.251 e. The lowest BCUT2D eigenvalue weighted by molar-refractivity contribution is -0.139. The molecular weight excluding hydrogens is 383 g/mol. The van der Waals surface area contributed by atoms with E-state index in [4.69, 9.17) is 0 Å². The van der Waals surface area contributed by atoms with Crippen LogP contribution in [0.4, 0.5) is 4.39 Å². The van der Waals surface area contributed by atoms with Crippen molar-refractivity contribution in [1.29, 1.82) is 0 Å². The Morgan fingerprint density at radius 1 is 1.00 bits per heavy atom. The van der Waals surface area contributed by atoms with E-state index >= 15 is 0 Å². The molecule has 0 saturated carbocycles. The molecule has 1 atom stereocenters. The van der Waals surface area contributed by atoms with Gasteiger partial charge in [0.2, 0.25) is 11.8 Å². The van der Waals surface area contributed by atoms with Gasteiger partial charge in [-0.15, -0.1) is 0 Å². The molecule has 2 aromatic carbocycles. The Morgan fingerprint density at radius 2 is 1.57 bits per heavy atom. The highest BCUT2D eigenvalue weighted by molar-refractivity contribution is 6.01. The van der Waals surface area contributed by atoms with Gasteiger partial charge in [0.25, 0.3) is 5.91 Å². The fourth-order valence-electron chi connectivity index (χ4n) is 3.54. The largest absolute Gasteiger partial charge is 0.345 e. The molecule has 0 aliphatic carbocycles. The Balaban J connectivity index is 1.71. The monoisotopic (exact) mass is 410 g/mol. The summed E-state index contributed by atoms with van der Waals surface area (Å²) in [6, 6.07) is 12.8. The molecule has 1 saturated heterocycles. The SMILES string of the molecule is CC(C)(C)CC(NC(=O)c1ccc(CN2C(=O)CCC2=O)cc1)c1ccc(F)cc1. The second kappa shape index (κ2) is 8.78. The van der Waals surface area contributed by atoms with Crippen molar-refractivity contribution in [3.8, 4) is 0 Å². The number of hydrogen-bond acceptors (Lipinski definition) is 3. The zero-order valence-electron chi connectivity index (χ0n) is 17.6. The average molecular weight is 410 g/mol. The molecule has 3 amide bonds. The highest BCUT2D eigenvalue weighted by Gasteiger charge is 2.28. The summed E-state index contributed by atoms with van der Waals surface area (Å²) in [4.78, 5) is 37.6. The third-order valence-corrected chi connectivity index (χ3v) is 5.11. The molecule has 1 aliphatic heterocycles. The third kappa shape index (κ3) is 5.53. The summed E-state index contributed by atoms with van der Waals surface area (Å²) in [7, 11) is 0. The van der Waals surface area contributed by atoms with Crippen LogP contribution in [0.25, 0.3) is 0 Å². The molecule has 0 bridgehead atoms. The van der Waals surface area contributed by atoms with E-state index in [-0.39, 0.29) is 54.4 Å². The fraction of sp³-hybridized carbons (Fsp3) is 0.375. The van der Waals surface area contributed by atoms with Crippen LogP contribution in [-0.4, -0.2) is 22.6 Å². The van der Waals surface area contributed by atoms with Crippen molar-refractivity contribution in [2.24, 2.45) is 5.41 Å². The Kier molecular flexibility index (Phi) is 6.34. The highest BCUT2D eigenvalue weighted by Crippen LogP contribution is 2.30. The van der Waals surface area contributed by atoms with Crippen molar-refractivity contribution in [2.45, 2.75) is 52.6 Å². The molecule has 1 aliphatic rings. The quantitative estimate of drug-likeness (QED) is 0.719. The molecule has 2 aromatic rings. The van der Waals surface area contributed by atoms with Gasteiger partial charge in [0.05, 0.1) is 12.6 Å². The number of imide groups is 1. The molecule has 1 unspecified atom stereocenters. The van der Waals surface area contributed by atoms with Crippen LogP contribution in [0.1, 0.15) is 67.6 Å². The predicted octanol–water partition coefficient (Wildman–Crippen LogP) is 4.38. The Labute approximate surface area is 176 Å². The van der Waals surface area contributed by atoms with Crippen molar-refractivity contribution in [3.63, 3.8) is 0 Å². The standard InChI is InChI=1S/C24H27FN2O3/c1-24(2,3)14-20(17-8-10-19(25)11-9-17)26-23(30)18-6-4-16(5-7-18)15-27-21(28)12-13-22(27)29/h4-11,20H,12-15H2,1-3H3,(H,26,30). The number of amides is 3. The number of hydrogen-bond donors (Lipinski definition) is 1. The average Bonchev–Trinajstić information content (AvgIpc) is 2.99. The minimum atomic E-state index is -0.315. The maximum atomic E-state index is 13.3. The molecule has 1 N–H and O–H groups in total. The number of rotatable bonds is 6. The molecule has 5 nitrogen and oxygen atoms in total. The minimum Gasteiger partial charge on any atom is -0.345 e. The van der Waals surface area contributed by atoms with E-state index in [9.17, 15) is 18.8 Å². The summed E-state index contributed by atoms with van der Waals surface area (Å²) in [6.45, 7) is 6.49. The maximum absolute atomic E-state index is 13.3. The van der Waals surface area contributed by atoms with E-state index in [2.05, 4.69) is 26.1 Å². The lowest BCUT2D eigenvalue weighted by atomic mass is 9.85. The van der Waals surface area contributed by atoms with E-state index in [1.165, 1.54) is 17.0 Å². The highest BCUT2D eigenvalue weighted by atomic mass is 19.1. The second-order valence-corrected chi connectivity index (χ2v) is 8.91. The third-order valence-electron chi connectivity index (χ3n) is 5.11. The van der Waals surface area contributed by atoms with Gasteiger partial charge in [-0.3, -0.25) is 19.3 Å². The Hall–Kier alpha value is -3.02. The number of benzene rings is 2. The fourth-order valence-corrected chi connectivity index (χ4v) is 3.54. The van der Waals surface area contributed by atoms with Gasteiger partial charge < -0.3 is 5.32 Å². The molecule has 3 rings (SSSR count). The van der Waals surface area contributed by atoms with E-state index < -0.39 is 0 Å². The summed E-state index contributed by atoms with van der Waals surface area (Å²) >= 11 is 0. The molecule has 6 heteroatoms. The number of carbonyl (C=O) groups excluding carboxylic acids is 3. The lowest BCUT2D eigenvalue weighted by Crippen LogP contribution is -2.31. The van der Waals surface area contributed by atoms with Crippen molar-refractivity contribution in [2.75, 3.05) is 0 Å². The van der Waals surface area contributed by atoms with Crippen LogP contribution < -0.4 is 5.32 Å². The van der Waals surface area contributed by atoms with E-state index in [0.717, 1.165) is 11.1 Å². The Bertz CT molecular complexity index is 914. The van der Waals surface area contributed by atoms with Crippen molar-refractivity contribution in [3.05, 3.63) is 71.0 Å². The van der Waals surface area contributed by atoms with E-state index in [1.54, 1.807) is 36.4 Å². The Morgan fingerprint density at radius 3 is 2.10 bits per heavy atom. The molecule has 0 spiro atoms. The lowest BCUT2D eigenvalue weighted by Gasteiger charge is -2.27. The first-order chi connectivity index (χ1) is 14.1. The van der Waals surface area contributed by atoms with Crippen LogP contribution >= 0.6 is 0 Å². The molecule has 158 valence electrons. The maximum Gasteiger partial charge on any atom is 0.251 e. The number of likely N-dealkylation sites (tertiary alicyclic amines) is 1. The summed E-state index contributed by atoms with van der Waals surface area (Å²) in [6.07, 6.45) is 1.22. The number of carbonyl (C=O) groups is 3. The van der Waals surface area contributed by atoms with Gasteiger partial charge in [0, 0.05) is 18.4 Å². The van der Waals surface area contributed by atoms with Crippen LogP contribution in [0.2, 0.25) is 0 Å².